The van der Waals surface area contributed by atoms with Gasteiger partial charge in [-0.25, -0.2) is 4.79 Å². The topological polar surface area (TPSA) is 128 Å². The van der Waals surface area contributed by atoms with E-state index in [1.165, 1.54) is 0 Å². The number of hydrogen-bond acceptors (Lipinski definition) is 8. The van der Waals surface area contributed by atoms with Crippen molar-refractivity contribution >= 4 is 11.8 Å². The van der Waals surface area contributed by atoms with Crippen LogP contribution in [-0.4, -0.2) is 65.3 Å². The minimum atomic E-state index is -1.31. The molecule has 1 rings (SSSR count). The van der Waals surface area contributed by atoms with E-state index < -0.39 is 48.4 Å². The van der Waals surface area contributed by atoms with E-state index in [0.29, 0.717) is 0 Å². The van der Waals surface area contributed by atoms with Crippen LogP contribution in [0.1, 0.15) is 27.2 Å². The van der Waals surface area contributed by atoms with E-state index in [1.807, 2.05) is 0 Å². The molecule has 0 aliphatic carbocycles. The Hall–Kier alpha value is -1.06. The molecule has 8 heteroatoms. The molecule has 1 heterocycles. The summed E-state index contributed by atoms with van der Waals surface area (Å²) >= 11 is 0. The molecule has 0 spiro atoms. The molecule has 4 N–H and O–H groups in total. The summed E-state index contributed by atoms with van der Waals surface area (Å²) in [6, 6.07) is 0. The molecule has 0 amide bonds. The number of aliphatic hydroxyl groups is 2. The van der Waals surface area contributed by atoms with Crippen LogP contribution < -0.4 is 5.73 Å². The summed E-state index contributed by atoms with van der Waals surface area (Å²) in [5, 5.41) is 19.9. The molecule has 0 saturated carbocycles. The quantitative estimate of drug-likeness (QED) is 0.391. The second-order valence-corrected chi connectivity index (χ2v) is 5.28. The molecule has 122 valence electrons. The fourth-order valence-corrected chi connectivity index (χ4v) is 2.15. The van der Waals surface area contributed by atoms with Crippen molar-refractivity contribution in [2.45, 2.75) is 57.4 Å². The van der Waals surface area contributed by atoms with Crippen LogP contribution >= 0.6 is 0 Å². The Kier molecular flexibility index (Phi) is 6.24. The minimum Gasteiger partial charge on any atom is -0.460 e. The predicted octanol–water partition coefficient (Wildman–Crippen LogP) is -1.29. The number of Topliss-reactive ketones (excluding diaryl/α,β-unsaturated/α-hetero) is 1. The van der Waals surface area contributed by atoms with Gasteiger partial charge in [0.05, 0.1) is 18.8 Å². The van der Waals surface area contributed by atoms with E-state index in [9.17, 15) is 19.8 Å². The van der Waals surface area contributed by atoms with Crippen molar-refractivity contribution in [3.05, 3.63) is 0 Å². The van der Waals surface area contributed by atoms with E-state index in [1.54, 1.807) is 20.8 Å². The molecule has 0 aromatic rings. The number of hydrogen-bond donors (Lipinski definition) is 3. The average molecular weight is 305 g/mol. The number of carbonyl (C=O) groups is 2. The van der Waals surface area contributed by atoms with Crippen LogP contribution in [0.3, 0.4) is 0 Å². The van der Waals surface area contributed by atoms with Crippen molar-refractivity contribution in [2.24, 2.45) is 5.73 Å². The molecule has 0 unspecified atom stereocenters. The normalized spacial score (nSPS) is 27.1. The molecule has 0 aromatic heterocycles. The first-order chi connectivity index (χ1) is 9.71. The van der Waals surface area contributed by atoms with Crippen molar-refractivity contribution in [3.63, 3.8) is 0 Å². The van der Waals surface area contributed by atoms with Gasteiger partial charge in [-0.15, -0.1) is 0 Å². The second kappa shape index (κ2) is 7.28. The fourth-order valence-electron chi connectivity index (χ4n) is 2.15. The second-order valence-electron chi connectivity index (χ2n) is 5.28. The zero-order chi connectivity index (χ0) is 16.2. The molecular weight excluding hydrogens is 282 g/mol. The maximum atomic E-state index is 11.6. The summed E-state index contributed by atoms with van der Waals surface area (Å²) in [5.41, 5.74) is 5.38. The number of ketones is 1. The summed E-state index contributed by atoms with van der Waals surface area (Å²) in [7, 11) is 0. The number of nitrogens with two attached hydrogens (primary N) is 1. The molecule has 21 heavy (non-hydrogen) atoms. The van der Waals surface area contributed by atoms with Crippen molar-refractivity contribution < 1.29 is 34.0 Å². The van der Waals surface area contributed by atoms with Gasteiger partial charge in [0.1, 0.15) is 12.2 Å². The average Bonchev–Trinajstić information content (AvgIpc) is 2.74. The Morgan fingerprint density at radius 2 is 1.76 bits per heavy atom. The molecule has 0 radical (unpaired) electrons. The SMILES string of the molecule is CCOC(=O)C(=O)C[C@H](O)[C@H]1OC(C)(C)O[C@@H]1[C@H](O)CN. The van der Waals surface area contributed by atoms with Crippen LogP contribution in [0.5, 0.6) is 0 Å². The molecular formula is C13H23NO7. The lowest BCUT2D eigenvalue weighted by Crippen LogP contribution is -2.46. The zero-order valence-electron chi connectivity index (χ0n) is 12.4. The van der Waals surface area contributed by atoms with Gasteiger partial charge in [-0.2, -0.15) is 0 Å². The molecule has 8 nitrogen and oxygen atoms in total. The smallest absolute Gasteiger partial charge is 0.374 e. The maximum absolute atomic E-state index is 11.6. The first kappa shape index (κ1) is 18.0. The van der Waals surface area contributed by atoms with E-state index in [2.05, 4.69) is 4.74 Å². The van der Waals surface area contributed by atoms with Crippen LogP contribution in [0, 0.1) is 0 Å². The first-order valence-corrected chi connectivity index (χ1v) is 6.83. The number of ether oxygens (including phenoxy) is 3. The summed E-state index contributed by atoms with van der Waals surface area (Å²) < 4.78 is 15.5. The van der Waals surface area contributed by atoms with Crippen LogP contribution in [-0.2, 0) is 23.8 Å². The van der Waals surface area contributed by atoms with Crippen molar-refractivity contribution in [3.8, 4) is 0 Å². The third-order valence-electron chi connectivity index (χ3n) is 3.06. The monoisotopic (exact) mass is 305 g/mol. The Morgan fingerprint density at radius 3 is 2.24 bits per heavy atom. The Bertz CT molecular complexity index is 385. The van der Waals surface area contributed by atoms with Gasteiger partial charge in [0.25, 0.3) is 0 Å². The first-order valence-electron chi connectivity index (χ1n) is 6.83. The molecule has 0 bridgehead atoms. The van der Waals surface area contributed by atoms with Crippen molar-refractivity contribution in [1.82, 2.24) is 0 Å². The van der Waals surface area contributed by atoms with Gasteiger partial charge >= 0.3 is 5.97 Å². The lowest BCUT2D eigenvalue weighted by atomic mass is 9.99. The summed E-state index contributed by atoms with van der Waals surface area (Å²) in [5.74, 6) is -2.90. The highest BCUT2D eigenvalue weighted by Gasteiger charge is 2.48. The molecule has 1 aliphatic heterocycles. The Morgan fingerprint density at radius 1 is 1.24 bits per heavy atom. The third kappa shape index (κ3) is 4.72. The lowest BCUT2D eigenvalue weighted by Gasteiger charge is -2.24. The van der Waals surface area contributed by atoms with Gasteiger partial charge in [0, 0.05) is 13.0 Å². The molecule has 1 aliphatic rings. The van der Waals surface area contributed by atoms with Gasteiger partial charge in [-0.05, 0) is 20.8 Å². The number of esters is 1. The fraction of sp³-hybridized carbons (Fsp3) is 0.846. The summed E-state index contributed by atoms with van der Waals surface area (Å²) in [4.78, 5) is 22.9. The highest BCUT2D eigenvalue weighted by atomic mass is 16.8. The van der Waals surface area contributed by atoms with Crippen LogP contribution in [0.25, 0.3) is 0 Å². The summed E-state index contributed by atoms with van der Waals surface area (Å²) in [6.07, 6.45) is -4.68. The molecule has 1 saturated heterocycles. The molecule has 1 fully saturated rings. The van der Waals surface area contributed by atoms with Gasteiger partial charge in [0.2, 0.25) is 5.78 Å². The number of carbonyl (C=O) groups excluding carboxylic acids is 2. The van der Waals surface area contributed by atoms with E-state index in [-0.39, 0.29) is 13.2 Å². The standard InChI is InChI=1S/C13H23NO7/c1-4-19-12(18)8(16)5-7(15)10-11(9(17)6-14)21-13(2,3)20-10/h7,9-11,15,17H,4-6,14H2,1-3H3/t7-,9+,10+,11+/m0/s1. The van der Waals surface area contributed by atoms with Crippen LogP contribution in [0.15, 0.2) is 0 Å². The van der Waals surface area contributed by atoms with Gasteiger partial charge in [0.15, 0.2) is 5.79 Å². The third-order valence-corrected chi connectivity index (χ3v) is 3.06. The lowest BCUT2D eigenvalue weighted by molar-refractivity contribution is -0.163. The summed E-state index contributed by atoms with van der Waals surface area (Å²) in [6.45, 7) is 4.79. The van der Waals surface area contributed by atoms with Gasteiger partial charge in [-0.3, -0.25) is 4.79 Å². The van der Waals surface area contributed by atoms with Gasteiger partial charge < -0.3 is 30.2 Å². The largest absolute Gasteiger partial charge is 0.460 e. The van der Waals surface area contributed by atoms with Crippen molar-refractivity contribution in [1.29, 1.82) is 0 Å². The van der Waals surface area contributed by atoms with Crippen LogP contribution in [0.4, 0.5) is 0 Å². The predicted molar refractivity (Wildman–Crippen MR) is 71.2 cm³/mol. The van der Waals surface area contributed by atoms with Gasteiger partial charge in [-0.1, -0.05) is 0 Å². The van der Waals surface area contributed by atoms with E-state index in [0.717, 1.165) is 0 Å². The Labute approximate surface area is 123 Å². The highest BCUT2D eigenvalue weighted by molar-refractivity contribution is 6.33. The number of rotatable bonds is 7. The minimum absolute atomic E-state index is 0.0747. The molecule has 4 atom stereocenters. The van der Waals surface area contributed by atoms with E-state index in [4.69, 9.17) is 15.2 Å². The molecule has 0 aromatic carbocycles. The highest BCUT2D eigenvalue weighted by Crippen LogP contribution is 2.32. The Balaban J connectivity index is 2.72. The van der Waals surface area contributed by atoms with Crippen molar-refractivity contribution in [2.75, 3.05) is 13.2 Å². The van der Waals surface area contributed by atoms with E-state index >= 15 is 0 Å². The van der Waals surface area contributed by atoms with Crippen LogP contribution in [0.2, 0.25) is 0 Å². The zero-order valence-corrected chi connectivity index (χ0v) is 12.4. The maximum Gasteiger partial charge on any atom is 0.374 e. The number of aliphatic hydroxyl groups excluding tert-OH is 2.